The van der Waals surface area contributed by atoms with Gasteiger partial charge in [0.1, 0.15) is 12.2 Å². The van der Waals surface area contributed by atoms with Crippen LogP contribution in [0.5, 0.6) is 0 Å². The molecule has 0 bridgehead atoms. The van der Waals surface area contributed by atoms with Crippen molar-refractivity contribution >= 4 is 0 Å². The van der Waals surface area contributed by atoms with Crippen molar-refractivity contribution in [2.45, 2.75) is 64.3 Å². The molecule has 4 unspecified atom stereocenters. The Bertz CT molecular complexity index is 220. The molecule has 4 atom stereocenters. The van der Waals surface area contributed by atoms with Crippen LogP contribution < -0.4 is 0 Å². The average molecular weight is 274 g/mol. The summed E-state index contributed by atoms with van der Waals surface area (Å²) in [5.74, 6) is 0. The predicted molar refractivity (Wildman–Crippen MR) is 69.9 cm³/mol. The topological polar surface area (TPSA) is 46.2 Å². The standard InChI is InChI=1S/C14H26O5/c1-3-15-13-11(7-5-9-17-13)19-12-8-6-10-18-14(12)16-4-2/h11-14H,3-10H2,1-2H3. The molecule has 5 nitrogen and oxygen atoms in total. The predicted octanol–water partition coefficient (Wildman–Crippen LogP) is 2.09. The van der Waals surface area contributed by atoms with E-state index in [1.807, 2.05) is 13.8 Å². The number of ether oxygens (including phenoxy) is 5. The molecular formula is C14H26O5. The minimum atomic E-state index is -0.247. The summed E-state index contributed by atoms with van der Waals surface area (Å²) in [6.07, 6.45) is 3.46. The molecule has 2 heterocycles. The highest BCUT2D eigenvalue weighted by Crippen LogP contribution is 2.25. The van der Waals surface area contributed by atoms with Crippen LogP contribution in [0.15, 0.2) is 0 Å². The molecule has 0 spiro atoms. The summed E-state index contributed by atoms with van der Waals surface area (Å²) in [7, 11) is 0. The van der Waals surface area contributed by atoms with Gasteiger partial charge >= 0.3 is 0 Å². The normalized spacial score (nSPS) is 36.3. The molecule has 0 radical (unpaired) electrons. The first-order valence-corrected chi connectivity index (χ1v) is 7.47. The van der Waals surface area contributed by atoms with Gasteiger partial charge in [-0.15, -0.1) is 0 Å². The number of rotatable bonds is 6. The molecule has 2 fully saturated rings. The van der Waals surface area contributed by atoms with Gasteiger partial charge in [0.05, 0.1) is 0 Å². The van der Waals surface area contributed by atoms with Crippen LogP contribution in [0.25, 0.3) is 0 Å². The second kappa shape index (κ2) is 8.17. The minimum Gasteiger partial charge on any atom is -0.364 e. The first kappa shape index (κ1) is 15.2. The van der Waals surface area contributed by atoms with Crippen LogP contribution in [0, 0.1) is 0 Å². The zero-order valence-electron chi connectivity index (χ0n) is 12.0. The molecule has 0 aliphatic carbocycles. The van der Waals surface area contributed by atoms with Crippen LogP contribution in [-0.4, -0.2) is 51.2 Å². The Hall–Kier alpha value is -0.200. The van der Waals surface area contributed by atoms with Crippen molar-refractivity contribution in [3.8, 4) is 0 Å². The molecule has 0 aromatic heterocycles. The molecule has 0 aromatic carbocycles. The van der Waals surface area contributed by atoms with Crippen molar-refractivity contribution in [3.63, 3.8) is 0 Å². The maximum Gasteiger partial charge on any atom is 0.183 e. The van der Waals surface area contributed by atoms with E-state index in [9.17, 15) is 0 Å². The van der Waals surface area contributed by atoms with Gasteiger partial charge in [-0.1, -0.05) is 0 Å². The lowest BCUT2D eigenvalue weighted by atomic mass is 10.1. The molecule has 112 valence electrons. The van der Waals surface area contributed by atoms with Gasteiger partial charge in [0, 0.05) is 26.4 Å². The molecule has 2 saturated heterocycles. The van der Waals surface area contributed by atoms with Gasteiger partial charge in [-0.3, -0.25) is 0 Å². The van der Waals surface area contributed by atoms with Crippen LogP contribution in [0.3, 0.4) is 0 Å². The van der Waals surface area contributed by atoms with Crippen LogP contribution in [0.2, 0.25) is 0 Å². The first-order chi connectivity index (χ1) is 9.35. The largest absolute Gasteiger partial charge is 0.364 e. The summed E-state index contributed by atoms with van der Waals surface area (Å²) < 4.78 is 28.6. The van der Waals surface area contributed by atoms with Gasteiger partial charge in [0.2, 0.25) is 0 Å². The van der Waals surface area contributed by atoms with Gasteiger partial charge in [-0.2, -0.15) is 0 Å². The third-order valence-electron chi connectivity index (χ3n) is 3.45. The Balaban J connectivity index is 1.88. The van der Waals surface area contributed by atoms with Gasteiger partial charge in [-0.05, 0) is 39.5 Å². The Morgan fingerprint density at radius 3 is 1.74 bits per heavy atom. The lowest BCUT2D eigenvalue weighted by Crippen LogP contribution is -2.46. The summed E-state index contributed by atoms with van der Waals surface area (Å²) in [6, 6.07) is 0. The average Bonchev–Trinajstić information content (AvgIpc) is 2.44. The van der Waals surface area contributed by atoms with E-state index in [4.69, 9.17) is 23.7 Å². The number of hydrogen-bond donors (Lipinski definition) is 0. The van der Waals surface area contributed by atoms with Crippen molar-refractivity contribution in [3.05, 3.63) is 0 Å². The molecule has 19 heavy (non-hydrogen) atoms. The number of hydrogen-bond acceptors (Lipinski definition) is 5. The van der Waals surface area contributed by atoms with Crippen LogP contribution in [0.4, 0.5) is 0 Å². The quantitative estimate of drug-likeness (QED) is 0.742. The van der Waals surface area contributed by atoms with Crippen LogP contribution >= 0.6 is 0 Å². The summed E-state index contributed by atoms with van der Waals surface area (Å²) in [5, 5.41) is 0. The Morgan fingerprint density at radius 2 is 1.32 bits per heavy atom. The monoisotopic (exact) mass is 274 g/mol. The fourth-order valence-corrected chi connectivity index (χ4v) is 2.58. The molecule has 0 saturated carbocycles. The maximum absolute atomic E-state index is 6.16. The van der Waals surface area contributed by atoms with Crippen molar-refractivity contribution in [2.75, 3.05) is 26.4 Å². The summed E-state index contributed by atoms with van der Waals surface area (Å²) in [4.78, 5) is 0. The van der Waals surface area contributed by atoms with Gasteiger partial charge < -0.3 is 23.7 Å². The summed E-state index contributed by atoms with van der Waals surface area (Å²) in [6.45, 7) is 6.73. The minimum absolute atomic E-state index is 0.0108. The van der Waals surface area contributed by atoms with Crippen molar-refractivity contribution < 1.29 is 23.7 Å². The molecular weight excluding hydrogens is 248 g/mol. The smallest absolute Gasteiger partial charge is 0.183 e. The van der Waals surface area contributed by atoms with E-state index in [0.29, 0.717) is 13.2 Å². The molecule has 2 rings (SSSR count). The van der Waals surface area contributed by atoms with E-state index in [2.05, 4.69) is 0 Å². The second-order valence-electron chi connectivity index (χ2n) is 4.89. The van der Waals surface area contributed by atoms with E-state index in [0.717, 1.165) is 38.9 Å². The molecule has 0 aromatic rings. The molecule has 0 amide bonds. The van der Waals surface area contributed by atoms with E-state index < -0.39 is 0 Å². The van der Waals surface area contributed by atoms with Crippen LogP contribution in [-0.2, 0) is 23.7 Å². The fraction of sp³-hybridized carbons (Fsp3) is 1.00. The zero-order valence-corrected chi connectivity index (χ0v) is 12.0. The van der Waals surface area contributed by atoms with E-state index in [-0.39, 0.29) is 24.8 Å². The van der Waals surface area contributed by atoms with Crippen molar-refractivity contribution in [1.82, 2.24) is 0 Å². The first-order valence-electron chi connectivity index (χ1n) is 7.47. The molecule has 5 heteroatoms. The van der Waals surface area contributed by atoms with E-state index >= 15 is 0 Å². The lowest BCUT2D eigenvalue weighted by Gasteiger charge is -2.37. The highest BCUT2D eigenvalue weighted by molar-refractivity contribution is 4.75. The van der Waals surface area contributed by atoms with E-state index in [1.54, 1.807) is 0 Å². The summed E-state index contributed by atoms with van der Waals surface area (Å²) in [5.41, 5.74) is 0. The SMILES string of the molecule is CCOC1OCCCC1OC1CCCOC1OCC. The lowest BCUT2D eigenvalue weighted by molar-refractivity contribution is -0.281. The van der Waals surface area contributed by atoms with E-state index in [1.165, 1.54) is 0 Å². The van der Waals surface area contributed by atoms with Crippen molar-refractivity contribution in [2.24, 2.45) is 0 Å². The Labute approximate surface area is 115 Å². The summed E-state index contributed by atoms with van der Waals surface area (Å²) >= 11 is 0. The van der Waals surface area contributed by atoms with Gasteiger partial charge in [0.25, 0.3) is 0 Å². The highest BCUT2D eigenvalue weighted by Gasteiger charge is 2.34. The third-order valence-corrected chi connectivity index (χ3v) is 3.45. The van der Waals surface area contributed by atoms with Crippen LogP contribution in [0.1, 0.15) is 39.5 Å². The molecule has 2 aliphatic rings. The fourth-order valence-electron chi connectivity index (χ4n) is 2.58. The molecule has 0 N–H and O–H groups in total. The second-order valence-corrected chi connectivity index (χ2v) is 4.89. The van der Waals surface area contributed by atoms with Gasteiger partial charge in [0.15, 0.2) is 12.6 Å². The van der Waals surface area contributed by atoms with Gasteiger partial charge in [-0.25, -0.2) is 0 Å². The maximum atomic E-state index is 6.16. The zero-order chi connectivity index (χ0) is 13.5. The Kier molecular flexibility index (Phi) is 6.53. The Morgan fingerprint density at radius 1 is 0.842 bits per heavy atom. The molecule has 2 aliphatic heterocycles. The third kappa shape index (κ3) is 4.39. The van der Waals surface area contributed by atoms with Crippen molar-refractivity contribution in [1.29, 1.82) is 0 Å². The highest BCUT2D eigenvalue weighted by atomic mass is 16.7.